The molecule has 4 N–H and O–H groups in total. The number of phenols is 2. The number of phenolic OH excluding ortho intramolecular Hbond substituents is 2. The first-order valence-electron chi connectivity index (χ1n) is 9.01. The fourth-order valence-corrected chi connectivity index (χ4v) is 5.15. The number of aliphatic carboxylic acids is 1. The van der Waals surface area contributed by atoms with Gasteiger partial charge in [-0.05, 0) is 35.8 Å². The van der Waals surface area contributed by atoms with Crippen molar-refractivity contribution in [3.63, 3.8) is 0 Å². The summed E-state index contributed by atoms with van der Waals surface area (Å²) in [5.41, 5.74) is -1.82. The number of aliphatic hydroxyl groups excluding tert-OH is 1. The maximum atomic E-state index is 13.1. The van der Waals surface area contributed by atoms with Crippen LogP contribution in [-0.2, 0) is 15.0 Å². The minimum Gasteiger partial charge on any atom is -0.504 e. The molecular weight excluding hydrogens is 336 g/mol. The summed E-state index contributed by atoms with van der Waals surface area (Å²) in [5.74, 6) is -3.77. The number of Topliss-reactive ketones (excluding diaryl/α,β-unsaturated/α-hetero) is 1. The quantitative estimate of drug-likeness (QED) is 0.601. The van der Waals surface area contributed by atoms with Gasteiger partial charge in [-0.2, -0.15) is 0 Å². The topological polar surface area (TPSA) is 115 Å². The Bertz CT molecular complexity index is 794. The lowest BCUT2D eigenvalue weighted by molar-refractivity contribution is -0.162. The third-order valence-corrected chi connectivity index (χ3v) is 6.30. The Hall–Kier alpha value is -2.08. The highest BCUT2D eigenvalue weighted by atomic mass is 16.4. The number of carboxylic acids is 1. The number of aromatic hydroxyl groups is 2. The van der Waals surface area contributed by atoms with Crippen LogP contribution in [0.25, 0.3) is 0 Å². The van der Waals surface area contributed by atoms with Gasteiger partial charge in [0.05, 0.1) is 0 Å². The molecule has 1 aromatic rings. The van der Waals surface area contributed by atoms with Gasteiger partial charge in [-0.1, -0.05) is 34.1 Å². The van der Waals surface area contributed by atoms with E-state index in [0.29, 0.717) is 18.4 Å². The number of carboxylic acid groups (broad SMARTS) is 1. The molecule has 6 heteroatoms. The first-order chi connectivity index (χ1) is 12.0. The van der Waals surface area contributed by atoms with Gasteiger partial charge in [-0.25, -0.2) is 0 Å². The summed E-state index contributed by atoms with van der Waals surface area (Å²) in [6.45, 7) is 7.25. The molecule has 0 aliphatic heterocycles. The number of carbonyl (C=O) groups excluding carboxylic acids is 1. The highest BCUT2D eigenvalue weighted by molar-refractivity contribution is 6.00. The molecule has 3 rings (SSSR count). The maximum Gasteiger partial charge on any atom is 0.315 e. The molecule has 3 atom stereocenters. The molecule has 0 amide bonds. The van der Waals surface area contributed by atoms with Crippen molar-refractivity contribution in [2.45, 2.75) is 64.4 Å². The van der Waals surface area contributed by atoms with E-state index >= 15 is 0 Å². The fourth-order valence-electron chi connectivity index (χ4n) is 5.15. The van der Waals surface area contributed by atoms with E-state index in [2.05, 4.69) is 0 Å². The molecule has 0 spiro atoms. The van der Waals surface area contributed by atoms with Gasteiger partial charge in [0.15, 0.2) is 17.3 Å². The van der Waals surface area contributed by atoms with E-state index in [0.717, 1.165) is 0 Å². The number of fused-ring (bicyclic) bond motifs is 3. The smallest absolute Gasteiger partial charge is 0.315 e. The minimum atomic E-state index is -1.65. The zero-order chi connectivity index (χ0) is 19.6. The molecule has 2 aliphatic carbocycles. The molecule has 1 fully saturated rings. The van der Waals surface area contributed by atoms with Crippen molar-refractivity contribution >= 4 is 11.8 Å². The Balaban J connectivity index is 2.44. The van der Waals surface area contributed by atoms with Gasteiger partial charge < -0.3 is 20.4 Å². The fraction of sp³-hybridized carbons (Fsp3) is 0.600. The van der Waals surface area contributed by atoms with E-state index in [1.165, 1.54) is 6.07 Å². The molecule has 0 saturated heterocycles. The summed E-state index contributed by atoms with van der Waals surface area (Å²) in [5, 5.41) is 42.1. The lowest BCUT2D eigenvalue weighted by Gasteiger charge is -2.53. The Morgan fingerprint density at radius 2 is 1.81 bits per heavy atom. The van der Waals surface area contributed by atoms with Crippen LogP contribution in [-0.4, -0.2) is 32.2 Å². The van der Waals surface area contributed by atoms with Crippen molar-refractivity contribution in [3.05, 3.63) is 22.8 Å². The Morgan fingerprint density at radius 3 is 2.35 bits per heavy atom. The zero-order valence-electron chi connectivity index (χ0n) is 15.5. The lowest BCUT2D eigenvalue weighted by Crippen LogP contribution is -2.59. The SMILES string of the molecule is CC(C)c1cc2c(c(O)c1O)[C@@]1(C(=O)O)CCCC(C)(C)[C@@H]1C(=O)[C@@H]2O. The van der Waals surface area contributed by atoms with Gasteiger partial charge in [-0.3, -0.25) is 9.59 Å². The van der Waals surface area contributed by atoms with Crippen molar-refractivity contribution in [1.29, 1.82) is 0 Å². The molecular formula is C20H26O6. The van der Waals surface area contributed by atoms with Crippen molar-refractivity contribution in [1.82, 2.24) is 0 Å². The number of ketones is 1. The number of aliphatic hydroxyl groups is 1. The average molecular weight is 362 g/mol. The highest BCUT2D eigenvalue weighted by Gasteiger charge is 2.64. The van der Waals surface area contributed by atoms with Gasteiger partial charge in [-0.15, -0.1) is 0 Å². The van der Waals surface area contributed by atoms with Crippen molar-refractivity contribution < 1.29 is 30.0 Å². The number of carbonyl (C=O) groups is 2. The predicted octanol–water partition coefficient (Wildman–Crippen LogP) is 2.99. The lowest BCUT2D eigenvalue weighted by atomic mass is 9.48. The molecule has 0 heterocycles. The molecule has 0 bridgehead atoms. The van der Waals surface area contributed by atoms with Crippen LogP contribution in [0.4, 0.5) is 0 Å². The van der Waals surface area contributed by atoms with E-state index in [1.54, 1.807) is 13.8 Å². The van der Waals surface area contributed by atoms with Crippen LogP contribution < -0.4 is 0 Å². The van der Waals surface area contributed by atoms with E-state index in [9.17, 15) is 30.0 Å². The second-order valence-electron chi connectivity index (χ2n) is 8.64. The van der Waals surface area contributed by atoms with Crippen molar-refractivity contribution in [2.24, 2.45) is 11.3 Å². The Morgan fingerprint density at radius 1 is 1.19 bits per heavy atom. The summed E-state index contributed by atoms with van der Waals surface area (Å²) < 4.78 is 0. The maximum absolute atomic E-state index is 13.1. The molecule has 2 aliphatic rings. The first-order valence-corrected chi connectivity index (χ1v) is 9.01. The first kappa shape index (κ1) is 18.7. The number of hydrogen-bond acceptors (Lipinski definition) is 5. The molecule has 26 heavy (non-hydrogen) atoms. The van der Waals surface area contributed by atoms with Crippen LogP contribution in [0, 0.1) is 11.3 Å². The number of rotatable bonds is 2. The summed E-state index contributed by atoms with van der Waals surface area (Å²) in [4.78, 5) is 25.5. The van der Waals surface area contributed by atoms with Gasteiger partial charge in [0.2, 0.25) is 0 Å². The second-order valence-corrected chi connectivity index (χ2v) is 8.64. The monoisotopic (exact) mass is 362 g/mol. The van der Waals surface area contributed by atoms with Gasteiger partial charge >= 0.3 is 5.97 Å². The summed E-state index contributed by atoms with van der Waals surface area (Å²) in [7, 11) is 0. The zero-order valence-corrected chi connectivity index (χ0v) is 15.5. The number of benzene rings is 1. The van der Waals surface area contributed by atoms with E-state index in [1.807, 2.05) is 13.8 Å². The van der Waals surface area contributed by atoms with Crippen molar-refractivity contribution in [3.8, 4) is 11.5 Å². The van der Waals surface area contributed by atoms with Crippen molar-refractivity contribution in [2.75, 3.05) is 0 Å². The average Bonchev–Trinajstić information content (AvgIpc) is 2.53. The molecule has 6 nitrogen and oxygen atoms in total. The largest absolute Gasteiger partial charge is 0.504 e. The van der Waals surface area contributed by atoms with Crippen LogP contribution in [0.5, 0.6) is 11.5 Å². The molecule has 142 valence electrons. The summed E-state index contributed by atoms with van der Waals surface area (Å²) in [6, 6.07) is 1.47. The van der Waals surface area contributed by atoms with Crippen LogP contribution in [0.2, 0.25) is 0 Å². The number of hydrogen-bond donors (Lipinski definition) is 4. The summed E-state index contributed by atoms with van der Waals surface area (Å²) >= 11 is 0. The van der Waals surface area contributed by atoms with Crippen LogP contribution in [0.3, 0.4) is 0 Å². The minimum absolute atomic E-state index is 0.00299. The molecule has 0 unspecified atom stereocenters. The van der Waals surface area contributed by atoms with E-state index in [4.69, 9.17) is 0 Å². The Kier molecular flexibility index (Phi) is 4.11. The highest BCUT2D eigenvalue weighted by Crippen LogP contribution is 2.61. The predicted molar refractivity (Wildman–Crippen MR) is 94.3 cm³/mol. The van der Waals surface area contributed by atoms with Crippen LogP contribution in [0.1, 0.15) is 75.7 Å². The van der Waals surface area contributed by atoms with Gasteiger partial charge in [0, 0.05) is 17.0 Å². The molecule has 0 radical (unpaired) electrons. The standard InChI is InChI=1S/C20H26O6/c1-9(2)10-8-11-12(15(23)13(10)21)20(18(25)26)7-5-6-19(3,4)17(20)16(24)14(11)22/h8-9,14,17,21-23H,5-7H2,1-4H3,(H,25,26)/t14-,17+,20+/m1/s1. The third kappa shape index (κ3) is 2.21. The molecule has 1 aromatic carbocycles. The van der Waals surface area contributed by atoms with Crippen LogP contribution in [0.15, 0.2) is 6.07 Å². The normalized spacial score (nSPS) is 30.0. The van der Waals surface area contributed by atoms with Gasteiger partial charge in [0.1, 0.15) is 11.5 Å². The third-order valence-electron chi connectivity index (χ3n) is 6.30. The summed E-state index contributed by atoms with van der Waals surface area (Å²) in [6.07, 6.45) is -0.110. The molecule has 1 saturated carbocycles. The van der Waals surface area contributed by atoms with Gasteiger partial charge in [0.25, 0.3) is 0 Å². The van der Waals surface area contributed by atoms with E-state index < -0.39 is 40.4 Å². The van der Waals surface area contributed by atoms with Crippen LogP contribution >= 0.6 is 0 Å². The van der Waals surface area contributed by atoms with E-state index in [-0.39, 0.29) is 29.2 Å². The second kappa shape index (κ2) is 5.71. The Labute approximate surface area is 152 Å². The molecule has 0 aromatic heterocycles.